The Morgan fingerprint density at radius 3 is 2.46 bits per heavy atom. The van der Waals surface area contributed by atoms with Gasteiger partial charge in [0.25, 0.3) is 0 Å². The van der Waals surface area contributed by atoms with Gasteiger partial charge in [-0.1, -0.05) is 30.4 Å². The molecule has 0 atom stereocenters. The predicted molar refractivity (Wildman–Crippen MR) is 157 cm³/mol. The molecule has 0 aliphatic carbocycles. The van der Waals surface area contributed by atoms with Gasteiger partial charge in [-0.2, -0.15) is 13.2 Å². The fraction of sp³-hybridized carbons (Fsp3) is 0.385. The van der Waals surface area contributed by atoms with Crippen molar-refractivity contribution in [1.29, 1.82) is 5.41 Å². The minimum atomic E-state index is -4.82. The zero-order valence-electron chi connectivity index (χ0n) is 22.1. The largest absolute Gasteiger partial charge is 0.490 e. The summed E-state index contributed by atoms with van der Waals surface area (Å²) in [4.78, 5) is 12.0. The Hall–Kier alpha value is -3.00. The second-order valence-electron chi connectivity index (χ2n) is 8.78. The molecule has 1 fully saturated rings. The predicted octanol–water partition coefficient (Wildman–Crippen LogP) is 4.38. The van der Waals surface area contributed by atoms with Gasteiger partial charge in [0, 0.05) is 5.56 Å². The van der Waals surface area contributed by atoms with E-state index in [1.165, 1.54) is 19.1 Å². The Bertz CT molecular complexity index is 1320. The van der Waals surface area contributed by atoms with E-state index in [-0.39, 0.29) is 49.5 Å². The maximum absolute atomic E-state index is 14.1. The highest BCUT2D eigenvalue weighted by Gasteiger charge is 2.37. The summed E-state index contributed by atoms with van der Waals surface area (Å²) in [7, 11) is -4.44. The van der Waals surface area contributed by atoms with E-state index in [2.05, 4.69) is 5.32 Å². The number of nitrogen functional groups attached to an aromatic ring is 1. The molecule has 1 saturated heterocycles. The molecule has 15 heteroatoms. The normalized spacial score (nSPS) is 14.0. The van der Waals surface area contributed by atoms with Crippen molar-refractivity contribution in [2.24, 2.45) is 5.73 Å². The molecule has 228 valence electrons. The molecule has 0 spiro atoms. The van der Waals surface area contributed by atoms with E-state index in [0.717, 1.165) is 10.4 Å². The lowest BCUT2D eigenvalue weighted by atomic mass is 10.1. The fourth-order valence-electron chi connectivity index (χ4n) is 3.99. The zero-order valence-corrected chi connectivity index (χ0v) is 24.6. The van der Waals surface area contributed by atoms with Crippen LogP contribution in [-0.4, -0.2) is 58.3 Å². The van der Waals surface area contributed by atoms with Crippen molar-refractivity contribution in [3.8, 4) is 5.75 Å². The van der Waals surface area contributed by atoms with Gasteiger partial charge in [-0.15, -0.1) is 24.8 Å². The van der Waals surface area contributed by atoms with Crippen LogP contribution in [0.4, 0.5) is 18.9 Å². The van der Waals surface area contributed by atoms with Gasteiger partial charge >= 0.3 is 12.1 Å². The number of carbonyl (C=O) groups excluding carboxylic acids is 1. The smallest absolute Gasteiger partial charge is 0.420 e. The third-order valence-electron chi connectivity index (χ3n) is 5.86. The second-order valence-corrected chi connectivity index (χ2v) is 10.7. The highest BCUT2D eigenvalue weighted by Crippen LogP contribution is 2.40. The number of carbonyl (C=O) groups is 1. The van der Waals surface area contributed by atoms with Crippen LogP contribution >= 0.6 is 24.8 Å². The summed E-state index contributed by atoms with van der Waals surface area (Å²) in [5, 5.41) is 10.7. The third kappa shape index (κ3) is 10.4. The molecule has 0 unspecified atom stereocenters. The number of nitrogens with one attached hydrogen (secondary N) is 2. The first kappa shape index (κ1) is 36.0. The van der Waals surface area contributed by atoms with Crippen molar-refractivity contribution in [3.05, 3.63) is 65.2 Å². The first-order valence-corrected chi connectivity index (χ1v) is 13.9. The van der Waals surface area contributed by atoms with E-state index in [1.54, 1.807) is 30.3 Å². The minimum absolute atomic E-state index is 0. The Labute approximate surface area is 249 Å². The van der Waals surface area contributed by atoms with Gasteiger partial charge in [-0.25, -0.2) is 8.42 Å². The number of hydrogen-bond donors (Lipinski definition) is 3. The molecule has 1 aliphatic rings. The van der Waals surface area contributed by atoms with Crippen molar-refractivity contribution in [2.45, 2.75) is 32.0 Å². The van der Waals surface area contributed by atoms with E-state index >= 15 is 0 Å². The lowest BCUT2D eigenvalue weighted by molar-refractivity contribution is -0.140. The van der Waals surface area contributed by atoms with Crippen molar-refractivity contribution in [3.63, 3.8) is 0 Å². The second kappa shape index (κ2) is 15.9. The van der Waals surface area contributed by atoms with Gasteiger partial charge < -0.3 is 20.5 Å². The van der Waals surface area contributed by atoms with Gasteiger partial charge in [-0.3, -0.25) is 14.5 Å². The van der Waals surface area contributed by atoms with Crippen LogP contribution in [-0.2, 0) is 25.7 Å². The Kier molecular flexibility index (Phi) is 13.9. The number of sulfonamides is 1. The Balaban J connectivity index is 0.00000420. The topological polar surface area (TPSA) is 135 Å². The number of benzene rings is 2. The monoisotopic (exact) mass is 640 g/mol. The highest BCUT2D eigenvalue weighted by molar-refractivity contribution is 7.93. The third-order valence-corrected chi connectivity index (χ3v) is 7.49. The van der Waals surface area contributed by atoms with Crippen molar-refractivity contribution in [1.82, 2.24) is 5.32 Å². The van der Waals surface area contributed by atoms with Crippen LogP contribution < -0.4 is 20.1 Å². The van der Waals surface area contributed by atoms with E-state index in [9.17, 15) is 26.4 Å². The molecule has 1 heterocycles. The lowest BCUT2D eigenvalue weighted by Crippen LogP contribution is -2.36. The number of rotatable bonds is 11. The Morgan fingerprint density at radius 2 is 1.85 bits per heavy atom. The van der Waals surface area contributed by atoms with Crippen LogP contribution in [0.25, 0.3) is 6.08 Å². The first-order valence-electron chi connectivity index (χ1n) is 12.3. The number of nitrogens with two attached hydrogens (primary N) is 1. The average Bonchev–Trinajstić information content (AvgIpc) is 2.87. The van der Waals surface area contributed by atoms with Crippen molar-refractivity contribution < 1.29 is 35.9 Å². The number of ether oxygens (including phenoxy) is 2. The number of amidine groups is 1. The van der Waals surface area contributed by atoms with E-state index in [4.69, 9.17) is 20.6 Å². The van der Waals surface area contributed by atoms with Crippen molar-refractivity contribution in [2.75, 3.05) is 36.3 Å². The molecule has 41 heavy (non-hydrogen) atoms. The van der Waals surface area contributed by atoms with Gasteiger partial charge in [0.2, 0.25) is 10.0 Å². The van der Waals surface area contributed by atoms with Gasteiger partial charge in [-0.05, 0) is 62.7 Å². The lowest BCUT2D eigenvalue weighted by Gasteiger charge is -2.27. The number of hydrogen-bond acceptors (Lipinski definition) is 7. The molecule has 3 rings (SSSR count). The summed E-state index contributed by atoms with van der Waals surface area (Å²) in [5.41, 5.74) is 5.14. The van der Waals surface area contributed by atoms with Crippen LogP contribution in [0.2, 0.25) is 0 Å². The first-order chi connectivity index (χ1) is 18.4. The molecule has 9 nitrogen and oxygen atoms in total. The number of esters is 1. The van der Waals surface area contributed by atoms with E-state index in [0.29, 0.717) is 43.1 Å². The summed E-state index contributed by atoms with van der Waals surface area (Å²) in [6.07, 6.45) is -1.19. The summed E-state index contributed by atoms with van der Waals surface area (Å²) < 4.78 is 79.7. The molecular formula is C26H33Cl2F3N4O5S. The van der Waals surface area contributed by atoms with Crippen LogP contribution in [0.15, 0.2) is 48.5 Å². The minimum Gasteiger partial charge on any atom is -0.490 e. The molecule has 1 aliphatic heterocycles. The molecule has 4 N–H and O–H groups in total. The van der Waals surface area contributed by atoms with Gasteiger partial charge in [0.1, 0.15) is 17.7 Å². The maximum atomic E-state index is 14.1. The molecule has 2 aromatic carbocycles. The Morgan fingerprint density at radius 1 is 1.17 bits per heavy atom. The molecule has 2 aromatic rings. The van der Waals surface area contributed by atoms with E-state index < -0.39 is 45.3 Å². The number of halogens is 5. The number of alkyl halides is 3. The number of nitrogens with zero attached hydrogens (tertiary/aromatic N) is 1. The van der Waals surface area contributed by atoms with Crippen LogP contribution in [0, 0.1) is 5.41 Å². The maximum Gasteiger partial charge on any atom is 0.420 e. The van der Waals surface area contributed by atoms with Crippen LogP contribution in [0.3, 0.4) is 0 Å². The summed E-state index contributed by atoms with van der Waals surface area (Å²) in [5.74, 6) is -2.63. The van der Waals surface area contributed by atoms with Crippen molar-refractivity contribution >= 4 is 58.4 Å². The molecule has 0 radical (unpaired) electrons. The molecule has 0 saturated carbocycles. The SMILES string of the molecule is CCOC(=O)CS(=O)(=O)N(C/C=C/c1cccc(C(=N)N)c1)c1ccc(OC2CCNCC2)c(C(F)(F)F)c1.Cl.Cl. The van der Waals surface area contributed by atoms with Gasteiger partial charge in [0.05, 0.1) is 24.4 Å². The molecular weight excluding hydrogens is 608 g/mol. The highest BCUT2D eigenvalue weighted by atomic mass is 35.5. The molecule has 0 aromatic heterocycles. The number of piperidine rings is 1. The van der Waals surface area contributed by atoms with Gasteiger partial charge in [0.15, 0.2) is 5.75 Å². The standard InChI is InChI=1S/C26H31F3N4O5S.2ClH/c1-2-37-24(34)17-39(35,36)33(14-4-6-18-5-3-7-19(15-18)25(30)31)20-8-9-23(22(16-20)26(27,28)29)38-21-10-12-32-13-11-21;;/h3-9,15-16,21,32H,2,10-14,17H2,1H3,(H3,30,31);2*1H/b6-4+;;. The quantitative estimate of drug-likeness (QED) is 0.188. The fourth-order valence-corrected chi connectivity index (χ4v) is 5.28. The summed E-state index contributed by atoms with van der Waals surface area (Å²) in [6, 6.07) is 9.61. The number of anilines is 1. The average molecular weight is 642 g/mol. The zero-order chi connectivity index (χ0) is 28.6. The van der Waals surface area contributed by atoms with Crippen LogP contribution in [0.1, 0.15) is 36.5 Å². The summed E-state index contributed by atoms with van der Waals surface area (Å²) in [6.45, 7) is 2.31. The van der Waals surface area contributed by atoms with Crippen LogP contribution in [0.5, 0.6) is 5.75 Å². The van der Waals surface area contributed by atoms with E-state index in [1.807, 2.05) is 0 Å². The molecule has 0 amide bonds. The summed E-state index contributed by atoms with van der Waals surface area (Å²) >= 11 is 0. The molecule has 0 bridgehead atoms.